The van der Waals surface area contributed by atoms with Crippen LogP contribution in [0.3, 0.4) is 0 Å². The normalized spacial score (nSPS) is 12.8. The topological polar surface area (TPSA) is 51.5 Å². The summed E-state index contributed by atoms with van der Waals surface area (Å²) in [4.78, 5) is 28.0. The molecule has 30 heavy (non-hydrogen) atoms. The van der Waals surface area contributed by atoms with Crippen molar-refractivity contribution in [2.24, 2.45) is 0 Å². The molecule has 156 valence electrons. The van der Waals surface area contributed by atoms with Gasteiger partial charge >= 0.3 is 0 Å². The number of carbonyl (C=O) groups is 2. The molecule has 0 N–H and O–H groups in total. The van der Waals surface area contributed by atoms with E-state index in [2.05, 4.69) is 10.6 Å². The van der Waals surface area contributed by atoms with Crippen LogP contribution in [0.5, 0.6) is 5.75 Å². The number of hydrogen-bond acceptors (Lipinski definition) is 4. The summed E-state index contributed by atoms with van der Waals surface area (Å²) in [7, 11) is 3.43. The van der Waals surface area contributed by atoms with Crippen molar-refractivity contribution in [3.63, 3.8) is 0 Å². The van der Waals surface area contributed by atoms with Gasteiger partial charge in [-0.15, -0.1) is 11.3 Å². The first-order valence-electron chi connectivity index (χ1n) is 9.98. The van der Waals surface area contributed by atoms with Crippen LogP contribution >= 0.6 is 11.3 Å². The Kier molecular flexibility index (Phi) is 5.06. The molecular weight excluding hydrogens is 396 g/mol. The Morgan fingerprint density at radius 2 is 2.00 bits per heavy atom. The maximum Gasteiger partial charge on any atom is 0.270 e. The van der Waals surface area contributed by atoms with Crippen molar-refractivity contribution < 1.29 is 14.3 Å². The number of thiophene rings is 1. The summed E-state index contributed by atoms with van der Waals surface area (Å²) in [6.07, 6.45) is 1.60. The number of aldehydes is 1. The van der Waals surface area contributed by atoms with Gasteiger partial charge in [0.05, 0.1) is 18.4 Å². The molecule has 0 radical (unpaired) electrons. The lowest BCUT2D eigenvalue weighted by atomic mass is 9.93. The minimum atomic E-state index is -0.282. The molecule has 0 unspecified atom stereocenters. The number of benzene rings is 1. The predicted molar refractivity (Wildman–Crippen MR) is 121 cm³/mol. The molecule has 6 heteroatoms. The van der Waals surface area contributed by atoms with Gasteiger partial charge < -0.3 is 14.2 Å². The van der Waals surface area contributed by atoms with Crippen LogP contribution < -0.4 is 4.74 Å². The first-order chi connectivity index (χ1) is 14.3. The first kappa shape index (κ1) is 20.4. The van der Waals surface area contributed by atoms with Crippen LogP contribution in [0.4, 0.5) is 0 Å². The molecule has 1 amide bonds. The van der Waals surface area contributed by atoms with Crippen molar-refractivity contribution in [2.45, 2.75) is 39.3 Å². The molecule has 0 saturated heterocycles. The molecular formula is C24H26N2O3S. The van der Waals surface area contributed by atoms with Crippen LogP contribution in [-0.2, 0) is 13.0 Å². The molecule has 3 heterocycles. The zero-order chi connectivity index (χ0) is 21.6. The fraction of sp³-hybridized carbons (Fsp3) is 0.333. The van der Waals surface area contributed by atoms with E-state index < -0.39 is 0 Å². The third-order valence-electron chi connectivity index (χ3n) is 5.86. The van der Waals surface area contributed by atoms with Crippen molar-refractivity contribution in [1.82, 2.24) is 9.47 Å². The lowest BCUT2D eigenvalue weighted by Crippen LogP contribution is -2.43. The fourth-order valence-corrected chi connectivity index (χ4v) is 4.66. The molecule has 1 aromatic carbocycles. The van der Waals surface area contributed by atoms with Gasteiger partial charge in [0.25, 0.3) is 5.91 Å². The van der Waals surface area contributed by atoms with Crippen molar-refractivity contribution >= 4 is 23.5 Å². The Hall–Kier alpha value is -2.86. The second kappa shape index (κ2) is 7.43. The Bertz CT molecular complexity index is 1120. The standard InChI is InChI=1S/C24H26N2O3S/c1-24(2,3)25(4)23(28)19-13-18(21-7-6-10-30-21)22-17-11-16(14-27)20(29-5)12-15(17)8-9-26(19)22/h6-7,10-14H,8-9H2,1-5H3. The molecule has 0 bridgehead atoms. The molecule has 1 aliphatic rings. The third-order valence-corrected chi connectivity index (χ3v) is 6.76. The monoisotopic (exact) mass is 422 g/mol. The number of carbonyl (C=O) groups excluding carboxylic acids is 2. The maximum absolute atomic E-state index is 13.4. The zero-order valence-corrected chi connectivity index (χ0v) is 18.8. The van der Waals surface area contributed by atoms with Crippen molar-refractivity contribution in [3.8, 4) is 27.4 Å². The second-order valence-corrected chi connectivity index (χ2v) is 9.52. The predicted octanol–water partition coefficient (Wildman–Crippen LogP) is 5.13. The molecule has 0 atom stereocenters. The molecule has 3 aromatic rings. The number of aryl methyl sites for hydroxylation is 1. The second-order valence-electron chi connectivity index (χ2n) is 8.57. The number of ether oxygens (including phenoxy) is 1. The number of rotatable bonds is 4. The zero-order valence-electron chi connectivity index (χ0n) is 18.0. The van der Waals surface area contributed by atoms with Crippen LogP contribution in [-0.4, -0.2) is 41.4 Å². The average molecular weight is 423 g/mol. The Morgan fingerprint density at radius 1 is 1.23 bits per heavy atom. The van der Waals surface area contributed by atoms with E-state index in [1.807, 2.05) is 57.5 Å². The van der Waals surface area contributed by atoms with E-state index in [1.165, 1.54) is 0 Å². The van der Waals surface area contributed by atoms with Crippen LogP contribution in [0.1, 0.15) is 47.2 Å². The van der Waals surface area contributed by atoms with Gasteiger partial charge in [-0.25, -0.2) is 0 Å². The lowest BCUT2D eigenvalue weighted by molar-refractivity contribution is 0.0644. The van der Waals surface area contributed by atoms with Crippen LogP contribution in [0.2, 0.25) is 0 Å². The van der Waals surface area contributed by atoms with Crippen LogP contribution in [0, 0.1) is 0 Å². The van der Waals surface area contributed by atoms with Gasteiger partial charge in [0.15, 0.2) is 6.29 Å². The number of hydrogen-bond donors (Lipinski definition) is 0. The summed E-state index contributed by atoms with van der Waals surface area (Å²) in [5, 5.41) is 2.04. The van der Waals surface area contributed by atoms with Crippen molar-refractivity contribution in [2.75, 3.05) is 14.2 Å². The summed E-state index contributed by atoms with van der Waals surface area (Å²) in [6.45, 7) is 6.80. The molecule has 0 fully saturated rings. The number of nitrogens with zero attached hydrogens (tertiary/aromatic N) is 2. The molecule has 0 saturated carbocycles. The Morgan fingerprint density at radius 3 is 2.60 bits per heavy atom. The van der Waals surface area contributed by atoms with E-state index in [0.717, 1.165) is 40.0 Å². The minimum Gasteiger partial charge on any atom is -0.496 e. The maximum atomic E-state index is 13.4. The SMILES string of the molecule is COc1cc2c(cc1C=O)-c1c(-c3cccs3)cc(C(=O)N(C)C(C)(C)C)n1CC2. The van der Waals surface area contributed by atoms with Gasteiger partial charge in [0, 0.05) is 35.1 Å². The molecule has 4 rings (SSSR count). The number of amides is 1. The van der Waals surface area contributed by atoms with Gasteiger partial charge in [-0.3, -0.25) is 9.59 Å². The van der Waals surface area contributed by atoms with Gasteiger partial charge in [-0.05, 0) is 62.4 Å². The van der Waals surface area contributed by atoms with Gasteiger partial charge in [-0.1, -0.05) is 6.07 Å². The van der Waals surface area contributed by atoms with E-state index in [1.54, 1.807) is 23.3 Å². The summed E-state index contributed by atoms with van der Waals surface area (Å²) in [5.74, 6) is 0.587. The van der Waals surface area contributed by atoms with E-state index in [-0.39, 0.29) is 11.4 Å². The van der Waals surface area contributed by atoms with Crippen molar-refractivity contribution in [3.05, 3.63) is 52.5 Å². The van der Waals surface area contributed by atoms with E-state index in [4.69, 9.17) is 4.74 Å². The molecule has 5 nitrogen and oxygen atoms in total. The highest BCUT2D eigenvalue weighted by Crippen LogP contribution is 2.43. The minimum absolute atomic E-state index is 0.000807. The van der Waals surface area contributed by atoms with Gasteiger partial charge in [0.1, 0.15) is 11.4 Å². The first-order valence-corrected chi connectivity index (χ1v) is 10.9. The highest BCUT2D eigenvalue weighted by molar-refractivity contribution is 7.13. The third kappa shape index (κ3) is 3.25. The summed E-state index contributed by atoms with van der Waals surface area (Å²) in [6, 6.07) is 9.94. The lowest BCUT2D eigenvalue weighted by Gasteiger charge is -2.32. The van der Waals surface area contributed by atoms with Crippen LogP contribution in [0.15, 0.2) is 35.7 Å². The van der Waals surface area contributed by atoms with E-state index >= 15 is 0 Å². The van der Waals surface area contributed by atoms with Crippen molar-refractivity contribution in [1.29, 1.82) is 0 Å². The number of fused-ring (bicyclic) bond motifs is 3. The molecule has 0 aliphatic carbocycles. The number of aromatic nitrogens is 1. The summed E-state index contributed by atoms with van der Waals surface area (Å²) < 4.78 is 7.52. The van der Waals surface area contributed by atoms with Gasteiger partial charge in [-0.2, -0.15) is 0 Å². The summed E-state index contributed by atoms with van der Waals surface area (Å²) in [5.41, 5.74) is 5.06. The largest absolute Gasteiger partial charge is 0.496 e. The summed E-state index contributed by atoms with van der Waals surface area (Å²) >= 11 is 1.65. The fourth-order valence-electron chi connectivity index (χ4n) is 3.91. The Balaban J connectivity index is 1.97. The Labute approximate surface area is 180 Å². The average Bonchev–Trinajstić information content (AvgIpc) is 3.38. The smallest absolute Gasteiger partial charge is 0.270 e. The highest BCUT2D eigenvalue weighted by atomic mass is 32.1. The van der Waals surface area contributed by atoms with Gasteiger partial charge in [0.2, 0.25) is 0 Å². The molecule has 1 aliphatic heterocycles. The highest BCUT2D eigenvalue weighted by Gasteiger charge is 2.31. The van der Waals surface area contributed by atoms with E-state index in [9.17, 15) is 9.59 Å². The molecule has 2 aromatic heterocycles. The van der Waals surface area contributed by atoms with E-state index in [0.29, 0.717) is 23.6 Å². The number of methoxy groups -OCH3 is 1. The molecule has 0 spiro atoms. The quantitative estimate of drug-likeness (QED) is 0.548. The van der Waals surface area contributed by atoms with Crippen LogP contribution in [0.25, 0.3) is 21.7 Å².